The molecule has 0 bridgehead atoms. The zero-order chi connectivity index (χ0) is 14.9. The van der Waals surface area contributed by atoms with Crippen LogP contribution in [0.3, 0.4) is 0 Å². The van der Waals surface area contributed by atoms with Gasteiger partial charge in [0, 0.05) is 13.1 Å². The van der Waals surface area contributed by atoms with E-state index in [9.17, 15) is 9.59 Å². The summed E-state index contributed by atoms with van der Waals surface area (Å²) in [4.78, 5) is 28.6. The highest BCUT2D eigenvalue weighted by Gasteiger charge is 2.53. The van der Waals surface area contributed by atoms with Crippen LogP contribution in [0.1, 0.15) is 39.0 Å². The highest BCUT2D eigenvalue weighted by Crippen LogP contribution is 2.37. The molecular formula is C15H25N3O3. The van der Waals surface area contributed by atoms with Crippen LogP contribution in [-0.4, -0.2) is 66.2 Å². The van der Waals surface area contributed by atoms with E-state index < -0.39 is 5.54 Å². The van der Waals surface area contributed by atoms with Crippen molar-refractivity contribution < 1.29 is 14.3 Å². The fourth-order valence-electron chi connectivity index (χ4n) is 3.87. The highest BCUT2D eigenvalue weighted by atomic mass is 16.5. The lowest BCUT2D eigenvalue weighted by Crippen LogP contribution is -2.56. The maximum Gasteiger partial charge on any atom is 0.325 e. The van der Waals surface area contributed by atoms with Gasteiger partial charge in [0.1, 0.15) is 5.54 Å². The first-order valence-corrected chi connectivity index (χ1v) is 8.13. The van der Waals surface area contributed by atoms with E-state index in [-0.39, 0.29) is 18.0 Å². The first-order chi connectivity index (χ1) is 10.2. The molecular weight excluding hydrogens is 270 g/mol. The van der Waals surface area contributed by atoms with Crippen molar-refractivity contribution in [2.75, 3.05) is 32.8 Å². The second-order valence-electron chi connectivity index (χ2n) is 6.35. The van der Waals surface area contributed by atoms with E-state index in [2.05, 4.69) is 17.1 Å². The zero-order valence-corrected chi connectivity index (χ0v) is 12.8. The lowest BCUT2D eigenvalue weighted by molar-refractivity contribution is -0.129. The van der Waals surface area contributed by atoms with Crippen molar-refractivity contribution in [1.29, 1.82) is 0 Å². The summed E-state index contributed by atoms with van der Waals surface area (Å²) in [7, 11) is 0. The molecule has 1 aliphatic carbocycles. The molecule has 1 atom stereocenters. The van der Waals surface area contributed by atoms with Gasteiger partial charge in [0.05, 0.1) is 19.3 Å². The number of rotatable bonds is 3. The van der Waals surface area contributed by atoms with E-state index in [1.165, 1.54) is 0 Å². The van der Waals surface area contributed by atoms with Gasteiger partial charge in [-0.2, -0.15) is 0 Å². The number of hydrogen-bond donors (Lipinski definition) is 1. The van der Waals surface area contributed by atoms with Crippen molar-refractivity contribution in [2.45, 2.75) is 50.7 Å². The van der Waals surface area contributed by atoms with E-state index in [0.717, 1.165) is 51.7 Å². The van der Waals surface area contributed by atoms with Gasteiger partial charge >= 0.3 is 6.03 Å². The molecule has 6 heteroatoms. The van der Waals surface area contributed by atoms with Crippen molar-refractivity contribution >= 4 is 11.9 Å². The maximum atomic E-state index is 12.3. The number of hydrogen-bond acceptors (Lipinski definition) is 4. The molecule has 1 spiro atoms. The number of ether oxygens (including phenoxy) is 1. The van der Waals surface area contributed by atoms with Crippen molar-refractivity contribution in [3.8, 4) is 0 Å². The van der Waals surface area contributed by atoms with Crippen LogP contribution in [0.15, 0.2) is 0 Å². The van der Waals surface area contributed by atoms with Crippen LogP contribution in [0.5, 0.6) is 0 Å². The fourth-order valence-corrected chi connectivity index (χ4v) is 3.87. The van der Waals surface area contributed by atoms with Gasteiger partial charge in [-0.15, -0.1) is 0 Å². The van der Waals surface area contributed by atoms with E-state index in [0.29, 0.717) is 13.2 Å². The Balaban J connectivity index is 1.72. The number of nitrogens with zero attached hydrogens (tertiary/aromatic N) is 2. The molecule has 118 valence electrons. The molecule has 0 aromatic heterocycles. The topological polar surface area (TPSA) is 61.9 Å². The minimum Gasteiger partial charge on any atom is -0.374 e. The third kappa shape index (κ3) is 2.66. The molecule has 0 radical (unpaired) electrons. The summed E-state index contributed by atoms with van der Waals surface area (Å²) in [6.07, 6.45) is 4.77. The normalized spacial score (nSPS) is 30.0. The lowest BCUT2D eigenvalue weighted by atomic mass is 9.80. The molecule has 0 aromatic carbocycles. The fraction of sp³-hybridized carbons (Fsp3) is 0.867. The summed E-state index contributed by atoms with van der Waals surface area (Å²) < 4.78 is 5.81. The minimum absolute atomic E-state index is 0.00847. The Morgan fingerprint density at radius 1 is 1.29 bits per heavy atom. The van der Waals surface area contributed by atoms with Crippen LogP contribution >= 0.6 is 0 Å². The monoisotopic (exact) mass is 295 g/mol. The molecule has 21 heavy (non-hydrogen) atoms. The largest absolute Gasteiger partial charge is 0.374 e. The second-order valence-corrected chi connectivity index (χ2v) is 6.35. The molecule has 1 saturated carbocycles. The average Bonchev–Trinajstić information content (AvgIpc) is 2.73. The summed E-state index contributed by atoms with van der Waals surface area (Å²) in [5.74, 6) is -0.102. The van der Waals surface area contributed by atoms with Gasteiger partial charge in [0.2, 0.25) is 0 Å². The molecule has 3 aliphatic rings. The molecule has 1 N–H and O–H groups in total. The molecule has 1 unspecified atom stereocenters. The highest BCUT2D eigenvalue weighted by molar-refractivity contribution is 6.07. The number of urea groups is 1. The first-order valence-electron chi connectivity index (χ1n) is 8.13. The van der Waals surface area contributed by atoms with Gasteiger partial charge in [-0.3, -0.25) is 15.0 Å². The van der Waals surface area contributed by atoms with E-state index in [4.69, 9.17) is 4.74 Å². The van der Waals surface area contributed by atoms with E-state index in [1.54, 1.807) is 4.90 Å². The lowest BCUT2D eigenvalue weighted by Gasteiger charge is -2.41. The van der Waals surface area contributed by atoms with Crippen LogP contribution < -0.4 is 5.32 Å². The Morgan fingerprint density at radius 2 is 2.05 bits per heavy atom. The molecule has 3 rings (SSSR count). The Hall–Kier alpha value is -1.14. The summed E-state index contributed by atoms with van der Waals surface area (Å²) in [5.41, 5.74) is -0.604. The number of nitrogens with one attached hydrogen (secondary N) is 1. The number of carbonyl (C=O) groups excluding carboxylic acids is 2. The van der Waals surface area contributed by atoms with Crippen LogP contribution in [0.2, 0.25) is 0 Å². The molecule has 3 fully saturated rings. The Bertz CT molecular complexity index is 420. The predicted molar refractivity (Wildman–Crippen MR) is 77.9 cm³/mol. The Kier molecular flexibility index (Phi) is 4.17. The van der Waals surface area contributed by atoms with Gasteiger partial charge in [0.15, 0.2) is 0 Å². The van der Waals surface area contributed by atoms with Gasteiger partial charge in [-0.05, 0) is 19.4 Å². The summed E-state index contributed by atoms with van der Waals surface area (Å²) in [6, 6.07) is -0.237. The number of morpholine rings is 1. The van der Waals surface area contributed by atoms with Crippen molar-refractivity contribution in [1.82, 2.24) is 15.1 Å². The molecule has 2 heterocycles. The minimum atomic E-state index is -0.604. The standard InChI is InChI=1S/C15H25N3O3/c1-2-17-8-9-21-12(10-17)11-18-14(20)16-13(19)15(18)6-4-3-5-7-15/h12H,2-11H2,1H3,(H,16,19,20). The molecule has 2 saturated heterocycles. The van der Waals surface area contributed by atoms with Gasteiger partial charge in [0.25, 0.3) is 5.91 Å². The number of likely N-dealkylation sites (N-methyl/N-ethyl adjacent to an activating group) is 1. The second kappa shape index (κ2) is 5.93. The smallest absolute Gasteiger partial charge is 0.325 e. The quantitative estimate of drug-likeness (QED) is 0.788. The number of amides is 3. The van der Waals surface area contributed by atoms with Gasteiger partial charge in [-0.1, -0.05) is 26.2 Å². The third-order valence-corrected chi connectivity index (χ3v) is 5.14. The third-order valence-electron chi connectivity index (χ3n) is 5.14. The van der Waals surface area contributed by atoms with Crippen LogP contribution in [0.25, 0.3) is 0 Å². The SMILES string of the molecule is CCN1CCOC(CN2C(=O)NC(=O)C23CCCCC3)C1. The summed E-state index contributed by atoms with van der Waals surface area (Å²) in [6.45, 7) is 6.14. The van der Waals surface area contributed by atoms with Crippen molar-refractivity contribution in [2.24, 2.45) is 0 Å². The summed E-state index contributed by atoms with van der Waals surface area (Å²) in [5, 5.41) is 2.52. The number of carbonyl (C=O) groups is 2. The van der Waals surface area contributed by atoms with E-state index in [1.807, 2.05) is 0 Å². The first kappa shape index (κ1) is 14.8. The maximum absolute atomic E-state index is 12.3. The summed E-state index contributed by atoms with van der Waals surface area (Å²) >= 11 is 0. The number of imide groups is 1. The van der Waals surface area contributed by atoms with Crippen molar-refractivity contribution in [3.05, 3.63) is 0 Å². The molecule has 3 amide bonds. The molecule has 6 nitrogen and oxygen atoms in total. The molecule has 0 aromatic rings. The molecule has 2 aliphatic heterocycles. The Morgan fingerprint density at radius 3 is 2.76 bits per heavy atom. The van der Waals surface area contributed by atoms with Gasteiger partial charge in [-0.25, -0.2) is 4.79 Å². The predicted octanol–water partition coefficient (Wildman–Crippen LogP) is 0.962. The van der Waals surface area contributed by atoms with Crippen molar-refractivity contribution in [3.63, 3.8) is 0 Å². The Labute approximate surface area is 125 Å². The average molecular weight is 295 g/mol. The van der Waals surface area contributed by atoms with Crippen LogP contribution in [0.4, 0.5) is 4.79 Å². The van der Waals surface area contributed by atoms with Crippen LogP contribution in [0, 0.1) is 0 Å². The van der Waals surface area contributed by atoms with Gasteiger partial charge < -0.3 is 9.64 Å². The van der Waals surface area contributed by atoms with E-state index >= 15 is 0 Å². The van der Waals surface area contributed by atoms with Crippen LogP contribution in [-0.2, 0) is 9.53 Å². The zero-order valence-electron chi connectivity index (χ0n) is 12.8.